The molecule has 5 heteroatoms. The Bertz CT molecular complexity index is 244. The lowest BCUT2D eigenvalue weighted by molar-refractivity contribution is 0.925. The third-order valence-corrected chi connectivity index (χ3v) is 3.18. The van der Waals surface area contributed by atoms with Crippen molar-refractivity contribution in [2.45, 2.75) is 12.8 Å². The Morgan fingerprint density at radius 1 is 1.27 bits per heavy atom. The van der Waals surface area contributed by atoms with Gasteiger partial charge in [0, 0.05) is 13.1 Å². The zero-order chi connectivity index (χ0) is 7.68. The van der Waals surface area contributed by atoms with Crippen LogP contribution in [0.4, 0.5) is 5.13 Å². The number of rotatable bonds is 1. The second-order valence-electron chi connectivity index (χ2n) is 2.53. The van der Waals surface area contributed by atoms with Crippen LogP contribution in [0, 0.1) is 0 Å². The average Bonchev–Trinajstić information content (AvgIpc) is 2.55. The molecule has 0 bridgehead atoms. The quantitative estimate of drug-likeness (QED) is 0.743. The van der Waals surface area contributed by atoms with E-state index in [4.69, 9.17) is 0 Å². The number of halogens is 1. The van der Waals surface area contributed by atoms with Crippen molar-refractivity contribution in [3.8, 4) is 0 Å². The summed E-state index contributed by atoms with van der Waals surface area (Å²) in [5, 5.41) is 9.00. The van der Waals surface area contributed by atoms with Crippen molar-refractivity contribution < 1.29 is 0 Å². The largest absolute Gasteiger partial charge is 0.347 e. The van der Waals surface area contributed by atoms with Gasteiger partial charge in [0.15, 0.2) is 3.92 Å². The number of hydrogen-bond acceptors (Lipinski definition) is 4. The van der Waals surface area contributed by atoms with Gasteiger partial charge in [0.25, 0.3) is 0 Å². The molecule has 1 aromatic heterocycles. The standard InChI is InChI=1S/C6H8BrN3S/c7-5-8-9-6(11-5)10-3-1-2-4-10/h1-4H2. The van der Waals surface area contributed by atoms with Crippen LogP contribution in [0.1, 0.15) is 12.8 Å². The smallest absolute Gasteiger partial charge is 0.209 e. The molecule has 3 nitrogen and oxygen atoms in total. The maximum Gasteiger partial charge on any atom is 0.209 e. The first-order valence-corrected chi connectivity index (χ1v) is 5.21. The third kappa shape index (κ3) is 1.54. The zero-order valence-electron chi connectivity index (χ0n) is 5.96. The lowest BCUT2D eigenvalue weighted by Crippen LogP contribution is -2.17. The van der Waals surface area contributed by atoms with Crippen molar-refractivity contribution in [1.29, 1.82) is 0 Å². The van der Waals surface area contributed by atoms with Crippen molar-refractivity contribution in [2.75, 3.05) is 18.0 Å². The highest BCUT2D eigenvalue weighted by atomic mass is 79.9. The van der Waals surface area contributed by atoms with E-state index in [0.717, 1.165) is 22.1 Å². The number of anilines is 1. The monoisotopic (exact) mass is 233 g/mol. The van der Waals surface area contributed by atoms with Gasteiger partial charge in [0.1, 0.15) is 0 Å². The fourth-order valence-corrected chi connectivity index (χ4v) is 2.37. The van der Waals surface area contributed by atoms with Crippen molar-refractivity contribution in [2.24, 2.45) is 0 Å². The molecule has 1 aliphatic rings. The van der Waals surface area contributed by atoms with Gasteiger partial charge in [-0.15, -0.1) is 10.2 Å². The summed E-state index contributed by atoms with van der Waals surface area (Å²) in [5.74, 6) is 0. The Balaban J connectivity index is 2.15. The van der Waals surface area contributed by atoms with Crippen LogP contribution in [-0.2, 0) is 0 Å². The van der Waals surface area contributed by atoms with Gasteiger partial charge in [-0.05, 0) is 28.8 Å². The second kappa shape index (κ2) is 3.06. The summed E-state index contributed by atoms with van der Waals surface area (Å²) in [6.45, 7) is 2.28. The minimum Gasteiger partial charge on any atom is -0.347 e. The fraction of sp³-hybridized carbons (Fsp3) is 0.667. The topological polar surface area (TPSA) is 29.0 Å². The normalized spacial score (nSPS) is 17.7. The Labute approximate surface area is 77.6 Å². The summed E-state index contributed by atoms with van der Waals surface area (Å²) in [4.78, 5) is 2.28. The molecule has 1 saturated heterocycles. The molecule has 0 aliphatic carbocycles. The molecule has 0 saturated carbocycles. The van der Waals surface area contributed by atoms with Crippen LogP contribution in [0.5, 0.6) is 0 Å². The molecule has 1 aromatic rings. The van der Waals surface area contributed by atoms with Crippen molar-refractivity contribution in [3.63, 3.8) is 0 Å². The van der Waals surface area contributed by atoms with Gasteiger partial charge >= 0.3 is 0 Å². The van der Waals surface area contributed by atoms with Crippen LogP contribution in [0.2, 0.25) is 0 Å². The lowest BCUT2D eigenvalue weighted by Gasteiger charge is -2.10. The van der Waals surface area contributed by atoms with Crippen molar-refractivity contribution in [3.05, 3.63) is 3.92 Å². The fourth-order valence-electron chi connectivity index (χ4n) is 1.23. The van der Waals surface area contributed by atoms with E-state index in [1.165, 1.54) is 12.8 Å². The molecule has 60 valence electrons. The lowest BCUT2D eigenvalue weighted by atomic mass is 10.4. The molecular weight excluding hydrogens is 226 g/mol. The van der Waals surface area contributed by atoms with Crippen molar-refractivity contribution in [1.82, 2.24) is 10.2 Å². The number of aromatic nitrogens is 2. The molecule has 0 amide bonds. The van der Waals surface area contributed by atoms with E-state index in [-0.39, 0.29) is 0 Å². The molecule has 2 rings (SSSR count). The van der Waals surface area contributed by atoms with Crippen LogP contribution >= 0.6 is 27.3 Å². The molecule has 0 aromatic carbocycles. The summed E-state index contributed by atoms with van der Waals surface area (Å²) in [6, 6.07) is 0. The highest BCUT2D eigenvalue weighted by Gasteiger charge is 2.15. The predicted molar refractivity (Wildman–Crippen MR) is 49.1 cm³/mol. The molecule has 0 N–H and O–H groups in total. The molecular formula is C6H8BrN3S. The van der Waals surface area contributed by atoms with Crippen LogP contribution < -0.4 is 4.90 Å². The third-order valence-electron chi connectivity index (χ3n) is 1.77. The molecule has 11 heavy (non-hydrogen) atoms. The van der Waals surface area contributed by atoms with Gasteiger partial charge in [-0.3, -0.25) is 0 Å². The molecule has 0 radical (unpaired) electrons. The predicted octanol–water partition coefficient (Wildman–Crippen LogP) is 1.90. The van der Waals surface area contributed by atoms with Crippen LogP contribution in [0.15, 0.2) is 3.92 Å². The van der Waals surface area contributed by atoms with E-state index in [9.17, 15) is 0 Å². The van der Waals surface area contributed by atoms with Crippen LogP contribution in [0.25, 0.3) is 0 Å². The van der Waals surface area contributed by atoms with Gasteiger partial charge in [-0.2, -0.15) is 0 Å². The van der Waals surface area contributed by atoms with Crippen LogP contribution in [-0.4, -0.2) is 23.3 Å². The van der Waals surface area contributed by atoms with E-state index >= 15 is 0 Å². The van der Waals surface area contributed by atoms with Gasteiger partial charge in [-0.1, -0.05) is 11.3 Å². The summed E-state index contributed by atoms with van der Waals surface area (Å²) >= 11 is 4.90. The van der Waals surface area contributed by atoms with Crippen LogP contribution in [0.3, 0.4) is 0 Å². The summed E-state index contributed by atoms with van der Waals surface area (Å²) < 4.78 is 0.874. The Hall–Kier alpha value is -0.160. The first kappa shape index (κ1) is 7.49. The molecule has 1 fully saturated rings. The number of hydrogen-bond donors (Lipinski definition) is 0. The molecule has 1 aliphatic heterocycles. The maximum absolute atomic E-state index is 4.05. The summed E-state index contributed by atoms with van der Waals surface area (Å²) in [7, 11) is 0. The summed E-state index contributed by atoms with van der Waals surface area (Å²) in [5.41, 5.74) is 0. The number of nitrogens with zero attached hydrogens (tertiary/aromatic N) is 3. The zero-order valence-corrected chi connectivity index (χ0v) is 8.36. The van der Waals surface area contributed by atoms with E-state index in [2.05, 4.69) is 31.0 Å². The van der Waals surface area contributed by atoms with Gasteiger partial charge in [0.05, 0.1) is 0 Å². The highest BCUT2D eigenvalue weighted by molar-refractivity contribution is 9.11. The minimum absolute atomic E-state index is 0.874. The highest BCUT2D eigenvalue weighted by Crippen LogP contribution is 2.26. The van der Waals surface area contributed by atoms with E-state index < -0.39 is 0 Å². The average molecular weight is 234 g/mol. The van der Waals surface area contributed by atoms with Crippen molar-refractivity contribution >= 4 is 32.4 Å². The Kier molecular flexibility index (Phi) is 2.09. The van der Waals surface area contributed by atoms with Gasteiger partial charge in [0.2, 0.25) is 5.13 Å². The van der Waals surface area contributed by atoms with Gasteiger partial charge < -0.3 is 4.90 Å². The molecule has 2 heterocycles. The van der Waals surface area contributed by atoms with E-state index in [0.29, 0.717) is 0 Å². The maximum atomic E-state index is 4.05. The first-order chi connectivity index (χ1) is 5.36. The van der Waals surface area contributed by atoms with E-state index in [1.54, 1.807) is 11.3 Å². The second-order valence-corrected chi connectivity index (χ2v) is 4.76. The SMILES string of the molecule is Brc1nnc(N2CCCC2)s1. The molecule has 0 unspecified atom stereocenters. The Morgan fingerprint density at radius 2 is 2.00 bits per heavy atom. The molecule has 0 spiro atoms. The first-order valence-electron chi connectivity index (χ1n) is 3.60. The summed E-state index contributed by atoms with van der Waals surface area (Å²) in [6.07, 6.45) is 2.58. The minimum atomic E-state index is 0.874. The van der Waals surface area contributed by atoms with Gasteiger partial charge in [-0.25, -0.2) is 0 Å². The Morgan fingerprint density at radius 3 is 2.55 bits per heavy atom. The van der Waals surface area contributed by atoms with E-state index in [1.807, 2.05) is 0 Å². The molecule has 0 atom stereocenters.